The maximum absolute atomic E-state index is 14.6. The standard InChI is InChI=1S/C24H18F3N5O2/c25-14-31-21-5-1-4-18(26)17(21)7-8-22(24(31)33)32-13-20(29-30-32)15-6-9-23(19(27)11-15)34-16-3-2-10-28-12-16/h1-6,9-13,22H,7-8,14H2. The quantitative estimate of drug-likeness (QED) is 0.394. The Labute approximate surface area is 192 Å². The number of carbonyl (C=O) groups excluding carboxylic acids is 1. The molecule has 0 fully saturated rings. The van der Waals surface area contributed by atoms with E-state index in [1.807, 2.05) is 0 Å². The molecule has 172 valence electrons. The highest BCUT2D eigenvalue weighted by Crippen LogP contribution is 2.34. The van der Waals surface area contributed by atoms with Crippen LogP contribution in [0.25, 0.3) is 11.3 Å². The van der Waals surface area contributed by atoms with Gasteiger partial charge < -0.3 is 4.74 Å². The molecular weight excluding hydrogens is 447 g/mol. The number of aromatic nitrogens is 4. The van der Waals surface area contributed by atoms with E-state index in [0.717, 1.165) is 4.90 Å². The number of benzene rings is 2. The van der Waals surface area contributed by atoms with Gasteiger partial charge in [-0.05, 0) is 55.3 Å². The van der Waals surface area contributed by atoms with Gasteiger partial charge in [-0.15, -0.1) is 5.10 Å². The van der Waals surface area contributed by atoms with Crippen LogP contribution in [-0.4, -0.2) is 32.7 Å². The lowest BCUT2D eigenvalue weighted by atomic mass is 10.1. The summed E-state index contributed by atoms with van der Waals surface area (Å²) < 4.78 is 49.6. The van der Waals surface area contributed by atoms with Crippen molar-refractivity contribution in [3.63, 3.8) is 0 Å². The van der Waals surface area contributed by atoms with E-state index >= 15 is 0 Å². The zero-order valence-electron chi connectivity index (χ0n) is 17.7. The molecular formula is C24H18F3N5O2. The van der Waals surface area contributed by atoms with Gasteiger partial charge >= 0.3 is 0 Å². The smallest absolute Gasteiger partial charge is 0.254 e. The summed E-state index contributed by atoms with van der Waals surface area (Å²) in [6.45, 7) is -1.10. The van der Waals surface area contributed by atoms with Crippen LogP contribution >= 0.6 is 0 Å². The van der Waals surface area contributed by atoms with Gasteiger partial charge in [0.15, 0.2) is 18.4 Å². The van der Waals surface area contributed by atoms with Crippen molar-refractivity contribution in [2.45, 2.75) is 18.9 Å². The zero-order valence-corrected chi connectivity index (χ0v) is 17.7. The van der Waals surface area contributed by atoms with E-state index in [-0.39, 0.29) is 29.8 Å². The van der Waals surface area contributed by atoms with Gasteiger partial charge in [0.25, 0.3) is 5.91 Å². The van der Waals surface area contributed by atoms with Crippen molar-refractivity contribution in [1.29, 1.82) is 0 Å². The fourth-order valence-electron chi connectivity index (χ4n) is 3.96. The molecule has 3 heterocycles. The Hall–Kier alpha value is -4.21. The summed E-state index contributed by atoms with van der Waals surface area (Å²) in [5.41, 5.74) is 1.23. The molecule has 1 amide bonds. The number of halogens is 3. The number of anilines is 1. The molecule has 0 bridgehead atoms. The number of hydrogen-bond acceptors (Lipinski definition) is 5. The third kappa shape index (κ3) is 3.98. The third-order valence-corrected chi connectivity index (χ3v) is 5.64. The molecule has 0 saturated heterocycles. The number of ether oxygens (including phenoxy) is 1. The highest BCUT2D eigenvalue weighted by atomic mass is 19.1. The van der Waals surface area contributed by atoms with Crippen molar-refractivity contribution in [3.05, 3.63) is 84.3 Å². The molecule has 7 nitrogen and oxygen atoms in total. The number of nitrogens with zero attached hydrogens (tertiary/aromatic N) is 5. The van der Waals surface area contributed by atoms with Gasteiger partial charge in [0.1, 0.15) is 23.3 Å². The predicted molar refractivity (Wildman–Crippen MR) is 117 cm³/mol. The first-order valence-corrected chi connectivity index (χ1v) is 10.5. The molecule has 0 radical (unpaired) electrons. The number of rotatable bonds is 5. The second-order valence-corrected chi connectivity index (χ2v) is 7.70. The first-order valence-electron chi connectivity index (χ1n) is 10.5. The Morgan fingerprint density at radius 2 is 1.97 bits per heavy atom. The molecule has 1 unspecified atom stereocenters. The molecule has 5 rings (SSSR count). The lowest BCUT2D eigenvalue weighted by Gasteiger charge is -2.22. The van der Waals surface area contributed by atoms with E-state index in [4.69, 9.17) is 4.74 Å². The van der Waals surface area contributed by atoms with Crippen molar-refractivity contribution in [2.24, 2.45) is 0 Å². The number of alkyl halides is 1. The maximum Gasteiger partial charge on any atom is 0.254 e. The maximum atomic E-state index is 14.6. The van der Waals surface area contributed by atoms with Gasteiger partial charge in [-0.25, -0.2) is 17.9 Å². The fraction of sp³-hybridized carbons (Fsp3) is 0.167. The van der Waals surface area contributed by atoms with E-state index in [0.29, 0.717) is 17.0 Å². The summed E-state index contributed by atoms with van der Waals surface area (Å²) in [7, 11) is 0. The van der Waals surface area contributed by atoms with Crippen LogP contribution < -0.4 is 9.64 Å². The van der Waals surface area contributed by atoms with E-state index in [1.54, 1.807) is 24.4 Å². The van der Waals surface area contributed by atoms with Crippen LogP contribution in [0.4, 0.5) is 18.9 Å². The molecule has 34 heavy (non-hydrogen) atoms. The van der Waals surface area contributed by atoms with Crippen LogP contribution in [-0.2, 0) is 11.2 Å². The van der Waals surface area contributed by atoms with Crippen LogP contribution in [0, 0.1) is 11.6 Å². The lowest BCUT2D eigenvalue weighted by molar-refractivity contribution is -0.122. The largest absolute Gasteiger partial charge is 0.453 e. The summed E-state index contributed by atoms with van der Waals surface area (Å²) in [5.74, 6) is -1.26. The van der Waals surface area contributed by atoms with Crippen LogP contribution in [0.5, 0.6) is 11.5 Å². The van der Waals surface area contributed by atoms with Crippen molar-refractivity contribution in [2.75, 3.05) is 11.7 Å². The Kier molecular flexibility index (Phi) is 5.70. The van der Waals surface area contributed by atoms with Gasteiger partial charge in [0.2, 0.25) is 0 Å². The number of amides is 1. The van der Waals surface area contributed by atoms with E-state index in [9.17, 15) is 18.0 Å². The SMILES string of the molecule is O=C1C(n2cc(-c3ccc(Oc4cccnc4)c(F)c3)nn2)CCc2c(F)cccc2N1CF. The van der Waals surface area contributed by atoms with Crippen molar-refractivity contribution >= 4 is 11.6 Å². The lowest BCUT2D eigenvalue weighted by Crippen LogP contribution is -2.36. The topological polar surface area (TPSA) is 73.1 Å². The monoisotopic (exact) mass is 465 g/mol. The van der Waals surface area contributed by atoms with Gasteiger partial charge in [0, 0.05) is 17.3 Å². The summed E-state index contributed by atoms with van der Waals surface area (Å²) in [6, 6.07) is 11.0. The Balaban J connectivity index is 1.40. The van der Waals surface area contributed by atoms with Gasteiger partial charge in [-0.3, -0.25) is 14.7 Å². The molecule has 1 atom stereocenters. The van der Waals surface area contributed by atoms with E-state index in [2.05, 4.69) is 15.3 Å². The minimum atomic E-state index is -1.10. The molecule has 1 aliphatic rings. The zero-order chi connectivity index (χ0) is 23.7. The highest BCUT2D eigenvalue weighted by Gasteiger charge is 2.33. The molecule has 0 spiro atoms. The summed E-state index contributed by atoms with van der Waals surface area (Å²) >= 11 is 0. The summed E-state index contributed by atoms with van der Waals surface area (Å²) in [6.07, 6.45) is 4.96. The second-order valence-electron chi connectivity index (χ2n) is 7.70. The van der Waals surface area contributed by atoms with Gasteiger partial charge in [-0.1, -0.05) is 11.3 Å². The Morgan fingerprint density at radius 1 is 1.09 bits per heavy atom. The number of pyridine rings is 1. The molecule has 0 N–H and O–H groups in total. The van der Waals surface area contributed by atoms with Crippen molar-refractivity contribution < 1.29 is 22.7 Å². The second kappa shape index (κ2) is 8.97. The first-order chi connectivity index (χ1) is 16.5. The molecule has 0 aliphatic carbocycles. The molecule has 4 aromatic rings. The Bertz CT molecular complexity index is 1350. The average Bonchev–Trinajstić information content (AvgIpc) is 3.27. The molecule has 2 aromatic heterocycles. The van der Waals surface area contributed by atoms with Crippen molar-refractivity contribution in [3.8, 4) is 22.8 Å². The van der Waals surface area contributed by atoms with Crippen LogP contribution in [0.3, 0.4) is 0 Å². The summed E-state index contributed by atoms with van der Waals surface area (Å²) in [5, 5.41) is 8.08. The molecule has 0 saturated carbocycles. The van der Waals surface area contributed by atoms with E-state index in [1.165, 1.54) is 47.4 Å². The normalized spacial score (nSPS) is 15.7. The molecule has 1 aliphatic heterocycles. The third-order valence-electron chi connectivity index (χ3n) is 5.64. The summed E-state index contributed by atoms with van der Waals surface area (Å²) in [4.78, 5) is 17.9. The van der Waals surface area contributed by atoms with Gasteiger partial charge in [-0.2, -0.15) is 0 Å². The minimum absolute atomic E-state index is 0.0152. The van der Waals surface area contributed by atoms with Crippen LogP contribution in [0.2, 0.25) is 0 Å². The van der Waals surface area contributed by atoms with Crippen LogP contribution in [0.15, 0.2) is 67.1 Å². The van der Waals surface area contributed by atoms with Crippen molar-refractivity contribution in [1.82, 2.24) is 20.0 Å². The average molecular weight is 465 g/mol. The minimum Gasteiger partial charge on any atom is -0.453 e. The number of hydrogen-bond donors (Lipinski definition) is 0. The number of carbonyl (C=O) groups is 1. The first kappa shape index (κ1) is 21.6. The van der Waals surface area contributed by atoms with E-state index < -0.39 is 30.4 Å². The predicted octanol–water partition coefficient (Wildman–Crippen LogP) is 4.86. The number of fused-ring (bicyclic) bond motifs is 1. The fourth-order valence-corrected chi connectivity index (χ4v) is 3.96. The van der Waals surface area contributed by atoms with Gasteiger partial charge in [0.05, 0.1) is 18.1 Å². The van der Waals surface area contributed by atoms with Crippen LogP contribution in [0.1, 0.15) is 18.0 Å². The molecule has 2 aromatic carbocycles. The molecule has 10 heteroatoms. The highest BCUT2D eigenvalue weighted by molar-refractivity contribution is 5.97. The Morgan fingerprint density at radius 3 is 2.74 bits per heavy atom.